The Balaban J connectivity index is 2.29. The molecule has 2 rings (SSSR count). The molecule has 0 radical (unpaired) electrons. The third-order valence-electron chi connectivity index (χ3n) is 2.37. The minimum Gasteiger partial charge on any atom is -0.492 e. The lowest BCUT2D eigenvalue weighted by atomic mass is 10.1. The van der Waals surface area contributed by atoms with Gasteiger partial charge in [-0.25, -0.2) is 0 Å². The van der Waals surface area contributed by atoms with Gasteiger partial charge >= 0.3 is 0 Å². The molecule has 0 atom stereocenters. The Bertz CT molecular complexity index is 484. The van der Waals surface area contributed by atoms with Gasteiger partial charge in [-0.2, -0.15) is 11.8 Å². The fourth-order valence-corrected chi connectivity index (χ4v) is 2.42. The van der Waals surface area contributed by atoms with Gasteiger partial charge in [0.15, 0.2) is 0 Å². The topological polar surface area (TPSA) is 9.23 Å². The Morgan fingerprint density at radius 2 is 2.00 bits per heavy atom. The van der Waals surface area contributed by atoms with E-state index in [0.29, 0.717) is 0 Å². The molecule has 0 amide bonds. The molecule has 0 unspecified atom stereocenters. The lowest BCUT2D eigenvalue weighted by Gasteiger charge is -2.09. The molecule has 0 aliphatic heterocycles. The first-order valence-corrected chi connectivity index (χ1v) is 7.30. The van der Waals surface area contributed by atoms with Crippen LogP contribution in [0.2, 0.25) is 0 Å². The Labute approximate surface area is 108 Å². The van der Waals surface area contributed by atoms with Gasteiger partial charge in [-0.05, 0) is 39.0 Å². The second-order valence-electron chi connectivity index (χ2n) is 3.44. The van der Waals surface area contributed by atoms with Crippen LogP contribution in [0.5, 0.6) is 5.75 Å². The summed E-state index contributed by atoms with van der Waals surface area (Å²) in [4.78, 5) is 0. The number of halogens is 1. The summed E-state index contributed by atoms with van der Waals surface area (Å²) in [7, 11) is 0. The number of hydrogen-bond donors (Lipinski definition) is 0. The first-order chi connectivity index (χ1) is 7.83. The van der Waals surface area contributed by atoms with Crippen LogP contribution in [0.25, 0.3) is 10.8 Å². The monoisotopic (exact) mass is 296 g/mol. The predicted octanol–water partition coefficient (Wildman–Crippen LogP) is 4.34. The van der Waals surface area contributed by atoms with E-state index in [9.17, 15) is 0 Å². The van der Waals surface area contributed by atoms with Crippen LogP contribution < -0.4 is 4.74 Å². The maximum Gasteiger partial charge on any atom is 0.134 e. The third kappa shape index (κ3) is 2.53. The summed E-state index contributed by atoms with van der Waals surface area (Å²) in [5.41, 5.74) is 0. The Morgan fingerprint density at radius 1 is 1.19 bits per heavy atom. The molecule has 0 bridgehead atoms. The van der Waals surface area contributed by atoms with Crippen LogP contribution in [-0.4, -0.2) is 18.6 Å². The van der Waals surface area contributed by atoms with Crippen molar-refractivity contribution in [2.45, 2.75) is 0 Å². The van der Waals surface area contributed by atoms with Gasteiger partial charge in [0.05, 0.1) is 11.1 Å². The number of rotatable bonds is 4. The summed E-state index contributed by atoms with van der Waals surface area (Å²) < 4.78 is 6.77. The van der Waals surface area contributed by atoms with Crippen molar-refractivity contribution < 1.29 is 4.74 Å². The van der Waals surface area contributed by atoms with Crippen molar-refractivity contribution in [2.24, 2.45) is 0 Å². The smallest absolute Gasteiger partial charge is 0.134 e. The molecule has 84 valence electrons. The van der Waals surface area contributed by atoms with Gasteiger partial charge in [0.2, 0.25) is 0 Å². The van der Waals surface area contributed by atoms with E-state index >= 15 is 0 Å². The average molecular weight is 297 g/mol. The molecule has 0 saturated carbocycles. The lowest BCUT2D eigenvalue weighted by molar-refractivity contribution is 0.342. The number of hydrogen-bond acceptors (Lipinski definition) is 2. The molecular formula is C13H13BrOS. The number of benzene rings is 2. The summed E-state index contributed by atoms with van der Waals surface area (Å²) in [6, 6.07) is 12.4. The highest BCUT2D eigenvalue weighted by Crippen LogP contribution is 2.32. The average Bonchev–Trinajstić information content (AvgIpc) is 2.33. The summed E-state index contributed by atoms with van der Waals surface area (Å²) in [5.74, 6) is 1.94. The first-order valence-electron chi connectivity index (χ1n) is 5.12. The van der Waals surface area contributed by atoms with E-state index in [-0.39, 0.29) is 0 Å². The van der Waals surface area contributed by atoms with E-state index < -0.39 is 0 Å². The second kappa shape index (κ2) is 5.60. The fraction of sp³-hybridized carbons (Fsp3) is 0.231. The standard InChI is InChI=1S/C13H13BrOS/c1-16-9-8-15-12-7-6-10-4-2-3-5-11(10)13(12)14/h2-7H,8-9H2,1H3. The summed E-state index contributed by atoms with van der Waals surface area (Å²) >= 11 is 5.39. The molecule has 0 fully saturated rings. The molecule has 0 saturated heterocycles. The van der Waals surface area contributed by atoms with Gasteiger partial charge in [0.25, 0.3) is 0 Å². The predicted molar refractivity (Wildman–Crippen MR) is 75.5 cm³/mol. The SMILES string of the molecule is CSCCOc1ccc2ccccc2c1Br. The zero-order valence-electron chi connectivity index (χ0n) is 9.07. The van der Waals surface area contributed by atoms with Crippen LogP contribution >= 0.6 is 27.7 Å². The van der Waals surface area contributed by atoms with Crippen molar-refractivity contribution in [1.82, 2.24) is 0 Å². The highest BCUT2D eigenvalue weighted by Gasteiger charge is 2.05. The quantitative estimate of drug-likeness (QED) is 0.776. The minimum absolute atomic E-state index is 0.748. The lowest BCUT2D eigenvalue weighted by Crippen LogP contribution is -2.00. The van der Waals surface area contributed by atoms with Crippen LogP contribution in [0, 0.1) is 0 Å². The molecule has 0 aromatic heterocycles. The first kappa shape index (κ1) is 11.8. The van der Waals surface area contributed by atoms with Crippen LogP contribution in [0.4, 0.5) is 0 Å². The molecule has 0 aliphatic carbocycles. The molecule has 2 aromatic rings. The van der Waals surface area contributed by atoms with Gasteiger partial charge in [-0.3, -0.25) is 0 Å². The molecule has 0 N–H and O–H groups in total. The molecule has 3 heteroatoms. The van der Waals surface area contributed by atoms with Crippen LogP contribution in [0.1, 0.15) is 0 Å². The van der Waals surface area contributed by atoms with E-state index in [2.05, 4.69) is 40.4 Å². The van der Waals surface area contributed by atoms with Crippen LogP contribution in [0.3, 0.4) is 0 Å². The minimum atomic E-state index is 0.748. The van der Waals surface area contributed by atoms with E-state index in [1.54, 1.807) is 11.8 Å². The van der Waals surface area contributed by atoms with Crippen molar-refractivity contribution in [1.29, 1.82) is 0 Å². The largest absolute Gasteiger partial charge is 0.492 e. The molecule has 16 heavy (non-hydrogen) atoms. The van der Waals surface area contributed by atoms with Crippen molar-refractivity contribution >= 4 is 38.5 Å². The van der Waals surface area contributed by atoms with Gasteiger partial charge in [0.1, 0.15) is 5.75 Å². The zero-order valence-corrected chi connectivity index (χ0v) is 11.5. The summed E-state index contributed by atoms with van der Waals surface area (Å²) in [6.07, 6.45) is 2.08. The second-order valence-corrected chi connectivity index (χ2v) is 5.22. The van der Waals surface area contributed by atoms with Gasteiger partial charge in [0, 0.05) is 5.75 Å². The summed E-state index contributed by atoms with van der Waals surface area (Å²) in [5, 5.41) is 2.43. The van der Waals surface area contributed by atoms with E-state index in [1.807, 2.05) is 18.2 Å². The van der Waals surface area contributed by atoms with Crippen LogP contribution in [0.15, 0.2) is 40.9 Å². The van der Waals surface area contributed by atoms with E-state index in [4.69, 9.17) is 4.74 Å². The summed E-state index contributed by atoms with van der Waals surface area (Å²) in [6.45, 7) is 0.748. The van der Waals surface area contributed by atoms with Crippen molar-refractivity contribution in [3.63, 3.8) is 0 Å². The van der Waals surface area contributed by atoms with E-state index in [1.165, 1.54) is 10.8 Å². The molecule has 1 nitrogen and oxygen atoms in total. The maximum atomic E-state index is 5.72. The van der Waals surface area contributed by atoms with E-state index in [0.717, 1.165) is 22.6 Å². The highest BCUT2D eigenvalue weighted by atomic mass is 79.9. The number of ether oxygens (including phenoxy) is 1. The Hall–Kier alpha value is -0.670. The highest BCUT2D eigenvalue weighted by molar-refractivity contribution is 9.10. The molecular weight excluding hydrogens is 284 g/mol. The van der Waals surface area contributed by atoms with Crippen molar-refractivity contribution in [3.8, 4) is 5.75 Å². The van der Waals surface area contributed by atoms with Crippen LogP contribution in [-0.2, 0) is 0 Å². The maximum absolute atomic E-state index is 5.72. The fourth-order valence-electron chi connectivity index (χ4n) is 1.56. The molecule has 0 aliphatic rings. The molecule has 2 aromatic carbocycles. The Morgan fingerprint density at radius 3 is 2.81 bits per heavy atom. The van der Waals surface area contributed by atoms with Gasteiger partial charge < -0.3 is 4.74 Å². The van der Waals surface area contributed by atoms with Gasteiger partial charge in [-0.15, -0.1) is 0 Å². The zero-order chi connectivity index (χ0) is 11.4. The third-order valence-corrected chi connectivity index (χ3v) is 3.77. The Kier molecular flexibility index (Phi) is 4.13. The number of fused-ring (bicyclic) bond motifs is 1. The molecule has 0 heterocycles. The van der Waals surface area contributed by atoms with Crippen molar-refractivity contribution in [3.05, 3.63) is 40.9 Å². The number of thioether (sulfide) groups is 1. The molecule has 0 spiro atoms. The van der Waals surface area contributed by atoms with Crippen molar-refractivity contribution in [2.75, 3.05) is 18.6 Å². The normalized spacial score (nSPS) is 10.6. The van der Waals surface area contributed by atoms with Gasteiger partial charge in [-0.1, -0.05) is 30.3 Å².